The van der Waals surface area contributed by atoms with E-state index in [1.54, 1.807) is 13.0 Å². The summed E-state index contributed by atoms with van der Waals surface area (Å²) in [6.07, 6.45) is 1.82. The Bertz CT molecular complexity index is 1360. The lowest BCUT2D eigenvalue weighted by Gasteiger charge is -2.35. The maximum Gasteiger partial charge on any atom is 0.298 e. The van der Waals surface area contributed by atoms with Crippen LogP contribution in [-0.4, -0.2) is 47.4 Å². The molecule has 0 bridgehead atoms. The van der Waals surface area contributed by atoms with Crippen molar-refractivity contribution in [3.63, 3.8) is 0 Å². The van der Waals surface area contributed by atoms with Gasteiger partial charge in [0.05, 0.1) is 23.7 Å². The van der Waals surface area contributed by atoms with Gasteiger partial charge in [0.2, 0.25) is 5.91 Å². The number of rotatable bonds is 3. The van der Waals surface area contributed by atoms with E-state index in [4.69, 9.17) is 17.3 Å². The Hall–Kier alpha value is -3.24. The number of hydrogen-bond donors (Lipinski definition) is 2. The molecule has 0 spiro atoms. The van der Waals surface area contributed by atoms with Crippen molar-refractivity contribution in [2.75, 3.05) is 24.5 Å². The molecular formula is C25H24ClFN4O2. The number of nitrogens with two attached hydrogens (primary N) is 1. The number of hydrogen-bond acceptors (Lipinski definition) is 3. The lowest BCUT2D eigenvalue weighted by Crippen LogP contribution is -2.48. The third-order valence-corrected chi connectivity index (χ3v) is 7.04. The van der Waals surface area contributed by atoms with E-state index in [0.29, 0.717) is 46.8 Å². The third kappa shape index (κ3) is 3.68. The number of carbonyl (C=O) groups is 2. The zero-order chi connectivity index (χ0) is 23.3. The number of nitrogens with zero attached hydrogens (tertiary/aromatic N) is 2. The Kier molecular flexibility index (Phi) is 5.41. The molecule has 6 nitrogen and oxygen atoms in total. The number of carbonyl (C=O) groups excluding carboxylic acids is 2. The number of aromatic amines is 1. The maximum absolute atomic E-state index is 15.7. The fourth-order valence-electron chi connectivity index (χ4n) is 5.49. The summed E-state index contributed by atoms with van der Waals surface area (Å²) in [6.45, 7) is 3.49. The number of halogens is 2. The summed E-state index contributed by atoms with van der Waals surface area (Å²) >= 11 is 6.28. The summed E-state index contributed by atoms with van der Waals surface area (Å²) in [4.78, 5) is 31.4. The molecule has 3 N–H and O–H groups in total. The molecule has 1 aromatic heterocycles. The van der Waals surface area contributed by atoms with Gasteiger partial charge in [-0.05, 0) is 61.4 Å². The van der Waals surface area contributed by atoms with Gasteiger partial charge in [-0.15, -0.1) is 0 Å². The first kappa shape index (κ1) is 21.6. The molecule has 2 amide bonds. The highest BCUT2D eigenvalue weighted by molar-refractivity contribution is 6.32. The van der Waals surface area contributed by atoms with Crippen LogP contribution in [-0.2, 0) is 16.0 Å². The van der Waals surface area contributed by atoms with Crippen molar-refractivity contribution in [2.24, 2.45) is 11.7 Å². The summed E-state index contributed by atoms with van der Waals surface area (Å²) < 4.78 is 15.7. The van der Waals surface area contributed by atoms with Crippen molar-refractivity contribution >= 4 is 50.9 Å². The molecule has 33 heavy (non-hydrogen) atoms. The van der Waals surface area contributed by atoms with Gasteiger partial charge in [0.1, 0.15) is 5.82 Å². The van der Waals surface area contributed by atoms with Gasteiger partial charge in [0.15, 0.2) is 0 Å². The zero-order valence-electron chi connectivity index (χ0n) is 18.3. The van der Waals surface area contributed by atoms with Gasteiger partial charge in [0.25, 0.3) is 5.91 Å². The van der Waals surface area contributed by atoms with Crippen LogP contribution in [0.15, 0.2) is 24.3 Å². The molecule has 3 heterocycles. The fourth-order valence-corrected chi connectivity index (χ4v) is 5.67. The normalized spacial score (nSPS) is 20.1. The fraction of sp³-hybridized carbons (Fsp3) is 0.360. The van der Waals surface area contributed by atoms with E-state index in [1.165, 1.54) is 6.07 Å². The Morgan fingerprint density at radius 2 is 2.12 bits per heavy atom. The summed E-state index contributed by atoms with van der Waals surface area (Å²) in [5.74, 6) is 4.48. The van der Waals surface area contributed by atoms with Crippen molar-refractivity contribution in [1.29, 1.82) is 0 Å². The van der Waals surface area contributed by atoms with Crippen molar-refractivity contribution in [1.82, 2.24) is 9.88 Å². The average molecular weight is 467 g/mol. The number of fused-ring (bicyclic) bond motifs is 4. The second-order valence-corrected chi connectivity index (χ2v) is 9.26. The number of nitrogens with one attached hydrogen (secondary N) is 1. The van der Waals surface area contributed by atoms with Crippen LogP contribution in [0.5, 0.6) is 0 Å². The summed E-state index contributed by atoms with van der Waals surface area (Å²) in [5.41, 5.74) is 7.90. The van der Waals surface area contributed by atoms with Crippen LogP contribution >= 0.6 is 11.6 Å². The lowest BCUT2D eigenvalue weighted by molar-refractivity contribution is -0.129. The Morgan fingerprint density at radius 3 is 2.88 bits per heavy atom. The number of primary amides is 1. The second kappa shape index (κ2) is 8.27. The first-order chi connectivity index (χ1) is 15.9. The minimum Gasteiger partial charge on any atom is -0.369 e. The molecule has 2 saturated heterocycles. The van der Waals surface area contributed by atoms with Crippen molar-refractivity contribution in [2.45, 2.75) is 32.2 Å². The summed E-state index contributed by atoms with van der Waals surface area (Å²) in [5, 5.41) is 2.02. The van der Waals surface area contributed by atoms with Gasteiger partial charge in [-0.3, -0.25) is 9.59 Å². The molecule has 2 unspecified atom stereocenters. The average Bonchev–Trinajstić information content (AvgIpc) is 3.35. The highest BCUT2D eigenvalue weighted by atomic mass is 35.5. The molecule has 8 heteroatoms. The number of anilines is 1. The van der Waals surface area contributed by atoms with Crippen molar-refractivity contribution < 1.29 is 14.0 Å². The van der Waals surface area contributed by atoms with Gasteiger partial charge < -0.3 is 20.5 Å². The van der Waals surface area contributed by atoms with Gasteiger partial charge in [-0.1, -0.05) is 17.5 Å². The van der Waals surface area contributed by atoms with Crippen LogP contribution in [0.2, 0.25) is 5.02 Å². The zero-order valence-corrected chi connectivity index (χ0v) is 19.0. The van der Waals surface area contributed by atoms with Gasteiger partial charge in [-0.25, -0.2) is 4.39 Å². The number of amides is 2. The number of likely N-dealkylation sites (tertiary alicyclic amines) is 1. The minimum absolute atomic E-state index is 0.0133. The summed E-state index contributed by atoms with van der Waals surface area (Å²) in [7, 11) is 0. The first-order valence-corrected chi connectivity index (χ1v) is 11.4. The SMILES string of the molecule is CC#CC(=O)N1CCCC2CN(c3c(F)cc(CC(N)=O)c4[nH]c5ccc(Cl)cc5c34)CC21. The Balaban J connectivity index is 1.65. The monoisotopic (exact) mass is 466 g/mol. The first-order valence-electron chi connectivity index (χ1n) is 11.1. The van der Waals surface area contributed by atoms with Crippen LogP contribution < -0.4 is 10.6 Å². The molecule has 2 aliphatic heterocycles. The van der Waals surface area contributed by atoms with Crippen LogP contribution in [0, 0.1) is 23.6 Å². The van der Waals surface area contributed by atoms with E-state index in [-0.39, 0.29) is 24.3 Å². The second-order valence-electron chi connectivity index (χ2n) is 8.82. The molecule has 2 aromatic carbocycles. The molecule has 3 aromatic rings. The predicted molar refractivity (Wildman–Crippen MR) is 128 cm³/mol. The van der Waals surface area contributed by atoms with Gasteiger partial charge in [-0.2, -0.15) is 0 Å². The largest absolute Gasteiger partial charge is 0.369 e. The van der Waals surface area contributed by atoms with Crippen LogP contribution in [0.25, 0.3) is 21.8 Å². The van der Waals surface area contributed by atoms with E-state index in [2.05, 4.69) is 16.8 Å². The highest BCUT2D eigenvalue weighted by Crippen LogP contribution is 2.42. The molecule has 2 fully saturated rings. The summed E-state index contributed by atoms with van der Waals surface area (Å²) in [6, 6.07) is 6.81. The van der Waals surface area contributed by atoms with E-state index < -0.39 is 11.7 Å². The van der Waals surface area contributed by atoms with Gasteiger partial charge >= 0.3 is 0 Å². The number of H-pyrrole nitrogens is 1. The standard InChI is InChI=1S/C25H24ClFN4O2/c1-2-4-22(33)31-8-3-5-14-12-30(13-20(14)31)25-18(27)9-15(10-21(28)32)24-23(25)17-11-16(26)6-7-19(17)29-24/h6-7,9,11,14,20,29H,3,5,8,10,12-13H2,1H3,(H2,28,32). The van der Waals surface area contributed by atoms with E-state index in [0.717, 1.165) is 23.7 Å². The predicted octanol–water partition coefficient (Wildman–Crippen LogP) is 3.59. The highest BCUT2D eigenvalue weighted by Gasteiger charge is 2.42. The molecule has 0 saturated carbocycles. The number of piperidine rings is 1. The van der Waals surface area contributed by atoms with Crippen LogP contribution in [0.1, 0.15) is 25.3 Å². The molecule has 5 rings (SSSR count). The number of aromatic nitrogens is 1. The molecule has 170 valence electrons. The number of benzene rings is 2. The van der Waals surface area contributed by atoms with Crippen LogP contribution in [0.4, 0.5) is 10.1 Å². The molecule has 0 aliphatic carbocycles. The minimum atomic E-state index is -0.529. The quantitative estimate of drug-likeness (QED) is 0.579. The topological polar surface area (TPSA) is 82.4 Å². The van der Waals surface area contributed by atoms with Crippen molar-refractivity contribution in [3.8, 4) is 11.8 Å². The molecular weight excluding hydrogens is 443 g/mol. The van der Waals surface area contributed by atoms with Gasteiger partial charge in [0, 0.05) is 40.9 Å². The van der Waals surface area contributed by atoms with E-state index in [9.17, 15) is 9.59 Å². The van der Waals surface area contributed by atoms with Crippen molar-refractivity contribution in [3.05, 3.63) is 40.7 Å². The third-order valence-electron chi connectivity index (χ3n) is 6.80. The Morgan fingerprint density at radius 1 is 1.30 bits per heavy atom. The molecule has 2 atom stereocenters. The molecule has 2 aliphatic rings. The van der Waals surface area contributed by atoms with E-state index >= 15 is 4.39 Å². The smallest absolute Gasteiger partial charge is 0.298 e. The molecule has 0 radical (unpaired) electrons. The van der Waals surface area contributed by atoms with E-state index in [1.807, 2.05) is 21.9 Å². The lowest BCUT2D eigenvalue weighted by atomic mass is 9.92. The van der Waals surface area contributed by atoms with Crippen LogP contribution in [0.3, 0.4) is 0 Å². The Labute approximate surface area is 195 Å². The maximum atomic E-state index is 15.7.